The van der Waals surface area contributed by atoms with Crippen molar-refractivity contribution < 1.29 is 13.6 Å². The van der Waals surface area contributed by atoms with Crippen molar-refractivity contribution in [3.8, 4) is 0 Å². The van der Waals surface area contributed by atoms with Crippen molar-refractivity contribution in [2.24, 2.45) is 0 Å². The van der Waals surface area contributed by atoms with E-state index in [4.69, 9.17) is 5.73 Å². The zero-order valence-electron chi connectivity index (χ0n) is 9.79. The molecule has 98 valence electrons. The number of nitrogens with zero attached hydrogens (tertiary/aromatic N) is 1. The third kappa shape index (κ3) is 2.75. The number of thioether (sulfide) groups is 1. The smallest absolute Gasteiger partial charge is 0.254 e. The van der Waals surface area contributed by atoms with Crippen LogP contribution in [0, 0.1) is 11.6 Å². The molecule has 18 heavy (non-hydrogen) atoms. The molecule has 0 bridgehead atoms. The predicted octanol–water partition coefficient (Wildman–Crippen LogP) is 2.13. The number of hydrogen-bond acceptors (Lipinski definition) is 3. The molecule has 2 rings (SSSR count). The molecule has 1 aromatic carbocycles. The summed E-state index contributed by atoms with van der Waals surface area (Å²) in [6.45, 7) is 1.23. The summed E-state index contributed by atoms with van der Waals surface area (Å²) in [4.78, 5) is 13.7. The molecule has 1 saturated heterocycles. The topological polar surface area (TPSA) is 46.3 Å². The van der Waals surface area contributed by atoms with Gasteiger partial charge in [-0.05, 0) is 24.3 Å². The fourth-order valence-electron chi connectivity index (χ4n) is 1.84. The van der Waals surface area contributed by atoms with Gasteiger partial charge in [-0.2, -0.15) is 11.8 Å². The van der Waals surface area contributed by atoms with Crippen molar-refractivity contribution in [2.45, 2.75) is 6.42 Å². The van der Waals surface area contributed by atoms with Crippen molar-refractivity contribution in [1.82, 2.24) is 4.90 Å². The number of anilines is 1. The van der Waals surface area contributed by atoms with E-state index >= 15 is 0 Å². The van der Waals surface area contributed by atoms with Gasteiger partial charge in [-0.25, -0.2) is 8.78 Å². The van der Waals surface area contributed by atoms with Gasteiger partial charge < -0.3 is 10.6 Å². The molecule has 2 N–H and O–H groups in total. The number of nitrogens with two attached hydrogens (primary N) is 1. The van der Waals surface area contributed by atoms with E-state index in [9.17, 15) is 13.6 Å². The lowest BCUT2D eigenvalue weighted by atomic mass is 10.1. The summed E-state index contributed by atoms with van der Waals surface area (Å²) in [6, 6.07) is 2.00. The average Bonchev–Trinajstić information content (AvgIpc) is 2.63. The molecule has 0 aromatic heterocycles. The molecule has 3 nitrogen and oxygen atoms in total. The van der Waals surface area contributed by atoms with Gasteiger partial charge in [0.05, 0.1) is 0 Å². The predicted molar refractivity (Wildman–Crippen MR) is 68.6 cm³/mol. The third-order valence-corrected chi connectivity index (χ3v) is 3.88. The fourth-order valence-corrected chi connectivity index (χ4v) is 2.73. The number of nitrogen functional groups attached to an aromatic ring is 1. The van der Waals surface area contributed by atoms with E-state index in [1.807, 2.05) is 0 Å². The molecule has 0 saturated carbocycles. The molecular weight excluding hydrogens is 258 g/mol. The lowest BCUT2D eigenvalue weighted by molar-refractivity contribution is 0.0767. The maximum atomic E-state index is 13.3. The Morgan fingerprint density at radius 2 is 1.89 bits per heavy atom. The molecule has 1 aliphatic rings. The Morgan fingerprint density at radius 3 is 2.56 bits per heavy atom. The van der Waals surface area contributed by atoms with Gasteiger partial charge in [-0.3, -0.25) is 4.79 Å². The monoisotopic (exact) mass is 272 g/mol. The van der Waals surface area contributed by atoms with Gasteiger partial charge in [0.15, 0.2) is 0 Å². The molecule has 0 radical (unpaired) electrons. The largest absolute Gasteiger partial charge is 0.394 e. The summed E-state index contributed by atoms with van der Waals surface area (Å²) in [5.41, 5.74) is 4.65. The van der Waals surface area contributed by atoms with Crippen LogP contribution in [0.1, 0.15) is 16.8 Å². The Bertz CT molecular complexity index is 436. The van der Waals surface area contributed by atoms with Crippen molar-refractivity contribution in [2.75, 3.05) is 30.3 Å². The minimum Gasteiger partial charge on any atom is -0.394 e. The summed E-state index contributed by atoms with van der Waals surface area (Å²) in [5.74, 6) is -0.250. The SMILES string of the molecule is Nc1c(F)cc(C(=O)N2CCCSCC2)cc1F. The van der Waals surface area contributed by atoms with Crippen LogP contribution in [-0.2, 0) is 0 Å². The molecule has 1 amide bonds. The van der Waals surface area contributed by atoms with E-state index in [0.29, 0.717) is 13.1 Å². The van der Waals surface area contributed by atoms with Gasteiger partial charge in [-0.15, -0.1) is 0 Å². The summed E-state index contributed by atoms with van der Waals surface area (Å²) in [7, 11) is 0. The summed E-state index contributed by atoms with van der Waals surface area (Å²) in [5, 5.41) is 0. The zero-order chi connectivity index (χ0) is 13.1. The normalized spacial score (nSPS) is 16.4. The Kier molecular flexibility index (Phi) is 4.06. The highest BCUT2D eigenvalue weighted by molar-refractivity contribution is 7.99. The molecule has 1 aromatic rings. The first kappa shape index (κ1) is 13.1. The van der Waals surface area contributed by atoms with Crippen molar-refractivity contribution in [1.29, 1.82) is 0 Å². The van der Waals surface area contributed by atoms with Crippen LogP contribution in [0.5, 0.6) is 0 Å². The molecule has 0 aliphatic carbocycles. The van der Waals surface area contributed by atoms with Crippen LogP contribution < -0.4 is 5.73 Å². The maximum absolute atomic E-state index is 13.3. The van der Waals surface area contributed by atoms with E-state index in [0.717, 1.165) is 30.1 Å². The maximum Gasteiger partial charge on any atom is 0.254 e. The highest BCUT2D eigenvalue weighted by Crippen LogP contribution is 2.19. The van der Waals surface area contributed by atoms with Crippen LogP contribution in [0.25, 0.3) is 0 Å². The molecule has 0 unspecified atom stereocenters. The van der Waals surface area contributed by atoms with Crippen LogP contribution in [0.3, 0.4) is 0 Å². The van der Waals surface area contributed by atoms with Crippen LogP contribution >= 0.6 is 11.8 Å². The second-order valence-corrected chi connectivity index (χ2v) is 5.34. The minimum atomic E-state index is -0.887. The first-order valence-electron chi connectivity index (χ1n) is 5.71. The quantitative estimate of drug-likeness (QED) is 0.797. The number of carbonyl (C=O) groups excluding carboxylic acids is 1. The molecule has 0 atom stereocenters. The number of halogens is 2. The molecular formula is C12H14F2N2OS. The van der Waals surface area contributed by atoms with E-state index in [-0.39, 0.29) is 11.5 Å². The van der Waals surface area contributed by atoms with Crippen LogP contribution in [0.2, 0.25) is 0 Å². The Labute approximate surface area is 108 Å². The van der Waals surface area contributed by atoms with Crippen molar-refractivity contribution in [3.05, 3.63) is 29.3 Å². The van der Waals surface area contributed by atoms with Gasteiger partial charge in [0.1, 0.15) is 17.3 Å². The third-order valence-electron chi connectivity index (χ3n) is 2.84. The molecule has 0 spiro atoms. The van der Waals surface area contributed by atoms with Crippen LogP contribution in [-0.4, -0.2) is 35.4 Å². The molecule has 6 heteroatoms. The first-order chi connectivity index (χ1) is 8.59. The first-order valence-corrected chi connectivity index (χ1v) is 6.86. The lowest BCUT2D eigenvalue weighted by Crippen LogP contribution is -2.33. The lowest BCUT2D eigenvalue weighted by Gasteiger charge is -2.20. The molecule has 1 aliphatic heterocycles. The second kappa shape index (κ2) is 5.56. The number of rotatable bonds is 1. The van der Waals surface area contributed by atoms with Crippen LogP contribution in [0.4, 0.5) is 14.5 Å². The summed E-state index contributed by atoms with van der Waals surface area (Å²) >= 11 is 1.78. The molecule has 1 heterocycles. The van der Waals surface area contributed by atoms with E-state index in [2.05, 4.69) is 0 Å². The second-order valence-electron chi connectivity index (χ2n) is 4.11. The number of benzene rings is 1. The van der Waals surface area contributed by atoms with Crippen LogP contribution in [0.15, 0.2) is 12.1 Å². The Morgan fingerprint density at radius 1 is 1.22 bits per heavy atom. The fraction of sp³-hybridized carbons (Fsp3) is 0.417. The minimum absolute atomic E-state index is 0.0195. The Balaban J connectivity index is 2.22. The van der Waals surface area contributed by atoms with Gasteiger partial charge in [0.2, 0.25) is 0 Å². The number of amides is 1. The average molecular weight is 272 g/mol. The zero-order valence-corrected chi connectivity index (χ0v) is 10.6. The standard InChI is InChI=1S/C12H14F2N2OS/c13-9-6-8(7-10(14)11(9)15)12(17)16-2-1-4-18-5-3-16/h6-7H,1-5,15H2. The van der Waals surface area contributed by atoms with Crippen molar-refractivity contribution in [3.63, 3.8) is 0 Å². The number of hydrogen-bond donors (Lipinski definition) is 1. The highest BCUT2D eigenvalue weighted by atomic mass is 32.2. The highest BCUT2D eigenvalue weighted by Gasteiger charge is 2.20. The summed E-state index contributed by atoms with van der Waals surface area (Å²) < 4.78 is 26.6. The van der Waals surface area contributed by atoms with Gasteiger partial charge in [-0.1, -0.05) is 0 Å². The van der Waals surface area contributed by atoms with E-state index in [1.54, 1.807) is 16.7 Å². The summed E-state index contributed by atoms with van der Waals surface area (Å²) in [6.07, 6.45) is 0.899. The Hall–Kier alpha value is -1.30. The van der Waals surface area contributed by atoms with Gasteiger partial charge >= 0.3 is 0 Å². The van der Waals surface area contributed by atoms with E-state index < -0.39 is 17.3 Å². The van der Waals surface area contributed by atoms with Gasteiger partial charge in [0.25, 0.3) is 5.91 Å². The molecule has 1 fully saturated rings. The number of carbonyl (C=O) groups is 1. The van der Waals surface area contributed by atoms with Gasteiger partial charge in [0, 0.05) is 24.4 Å². The van der Waals surface area contributed by atoms with E-state index in [1.165, 1.54) is 0 Å². The van der Waals surface area contributed by atoms with Crippen molar-refractivity contribution >= 4 is 23.4 Å².